The highest BCUT2D eigenvalue weighted by molar-refractivity contribution is 5.32. The van der Waals surface area contributed by atoms with Crippen LogP contribution in [0.5, 0.6) is 0 Å². The zero-order valence-electron chi connectivity index (χ0n) is 6.62. The zero-order chi connectivity index (χ0) is 8.49. The molecule has 0 heterocycles. The first-order chi connectivity index (χ1) is 6.00. The Bertz CT molecular complexity index is 284. The van der Waals surface area contributed by atoms with Crippen LogP contribution in [-0.4, -0.2) is 0 Å². The van der Waals surface area contributed by atoms with Gasteiger partial charge >= 0.3 is 0 Å². The molecule has 0 atom stereocenters. The van der Waals surface area contributed by atoms with E-state index in [-0.39, 0.29) is 0 Å². The van der Waals surface area contributed by atoms with Crippen LogP contribution in [0.3, 0.4) is 0 Å². The molecule has 1 aliphatic carbocycles. The van der Waals surface area contributed by atoms with Crippen LogP contribution >= 0.6 is 0 Å². The second-order valence-corrected chi connectivity index (χ2v) is 2.01. The van der Waals surface area contributed by atoms with Crippen LogP contribution < -0.4 is 0 Å². The minimum absolute atomic E-state index is 1.79. The highest BCUT2D eigenvalue weighted by Crippen LogP contribution is 1.79. The molecule has 56 valence electrons. The molecule has 0 saturated carbocycles. The summed E-state index contributed by atoms with van der Waals surface area (Å²) >= 11 is 0. The molecule has 0 N–H and O–H groups in total. The fourth-order valence-electron chi connectivity index (χ4n) is 0.607. The van der Waals surface area contributed by atoms with Crippen molar-refractivity contribution in [3.8, 4) is 23.7 Å². The Morgan fingerprint density at radius 3 is 0.917 bits per heavy atom. The highest BCUT2D eigenvalue weighted by Gasteiger charge is 1.63. The Hall–Kier alpha value is -1.92. The first-order valence-corrected chi connectivity index (χ1v) is 3.65. The van der Waals surface area contributed by atoms with E-state index in [1.54, 1.807) is 24.3 Å². The van der Waals surface area contributed by atoms with Crippen LogP contribution in [0.15, 0.2) is 48.6 Å². The second-order valence-electron chi connectivity index (χ2n) is 2.01. The molecule has 0 spiro atoms. The van der Waals surface area contributed by atoms with Crippen LogP contribution in [0.25, 0.3) is 0 Å². The van der Waals surface area contributed by atoms with E-state index >= 15 is 0 Å². The van der Waals surface area contributed by atoms with Gasteiger partial charge in [-0.1, -0.05) is 48.0 Å². The lowest BCUT2D eigenvalue weighted by Crippen LogP contribution is -1.56. The van der Waals surface area contributed by atoms with Gasteiger partial charge in [-0.05, 0) is 24.3 Å². The van der Waals surface area contributed by atoms with Gasteiger partial charge in [-0.25, -0.2) is 0 Å². The SMILES string of the molecule is C1#C/C=C\C=C/C#C/C=C\C=C/1. The number of hydrogen-bond donors (Lipinski definition) is 0. The van der Waals surface area contributed by atoms with Crippen LogP contribution in [0.1, 0.15) is 0 Å². The molecular weight excluding hydrogens is 144 g/mol. The van der Waals surface area contributed by atoms with Gasteiger partial charge in [0.05, 0.1) is 0 Å². The molecule has 0 aromatic carbocycles. The van der Waals surface area contributed by atoms with Crippen molar-refractivity contribution in [2.24, 2.45) is 0 Å². The Balaban J connectivity index is 2.77. The average molecular weight is 152 g/mol. The molecule has 0 aliphatic heterocycles. The van der Waals surface area contributed by atoms with Crippen LogP contribution in [0.2, 0.25) is 0 Å². The van der Waals surface area contributed by atoms with Crippen molar-refractivity contribution in [3.63, 3.8) is 0 Å². The third kappa shape index (κ3) is 3.99. The number of hydrogen-bond acceptors (Lipinski definition) is 0. The van der Waals surface area contributed by atoms with Crippen LogP contribution in [-0.2, 0) is 0 Å². The monoisotopic (exact) mass is 152 g/mol. The molecule has 12 heavy (non-hydrogen) atoms. The first kappa shape index (κ1) is 8.18. The van der Waals surface area contributed by atoms with Gasteiger partial charge < -0.3 is 0 Å². The molecule has 0 saturated heterocycles. The second kappa shape index (κ2) is 5.83. The topological polar surface area (TPSA) is 0 Å². The van der Waals surface area contributed by atoms with Gasteiger partial charge in [0.15, 0.2) is 0 Å². The molecule has 1 rings (SSSR count). The van der Waals surface area contributed by atoms with Gasteiger partial charge in [-0.2, -0.15) is 0 Å². The molecular formula is C12H8. The largest absolute Gasteiger partial charge is 0.0702 e. The normalized spacial score (nSPS) is 24.0. The van der Waals surface area contributed by atoms with Crippen molar-refractivity contribution in [2.75, 3.05) is 0 Å². The third-order valence-corrected chi connectivity index (χ3v) is 1.11. The maximum Gasteiger partial charge on any atom is -0.0115 e. The Kier molecular flexibility index (Phi) is 3.98. The van der Waals surface area contributed by atoms with Gasteiger partial charge in [0.2, 0.25) is 0 Å². The highest BCUT2D eigenvalue weighted by atomic mass is 13.7. The minimum Gasteiger partial charge on any atom is -0.0702 e. The molecule has 0 aromatic heterocycles. The van der Waals surface area contributed by atoms with E-state index in [1.165, 1.54) is 0 Å². The summed E-state index contributed by atoms with van der Waals surface area (Å²) in [5, 5.41) is 0. The molecule has 0 unspecified atom stereocenters. The van der Waals surface area contributed by atoms with Gasteiger partial charge in [0.1, 0.15) is 0 Å². The van der Waals surface area contributed by atoms with Crippen LogP contribution in [0, 0.1) is 23.7 Å². The average Bonchev–Trinajstić information content (AvgIpc) is 2.05. The fraction of sp³-hybridized carbons (Fsp3) is 0. The standard InChI is InChI=1S/C12H8/c1-2-4-6-8-10-12-11-9-7-5-3-1/h1-4,9-12H/b2-1?,3-1-,4-2-,11-9-,12-10-,12-11?. The van der Waals surface area contributed by atoms with Crippen molar-refractivity contribution < 1.29 is 0 Å². The summed E-state index contributed by atoms with van der Waals surface area (Å²) in [6.07, 6.45) is 14.6. The lowest BCUT2D eigenvalue weighted by atomic mass is 10.3. The van der Waals surface area contributed by atoms with Gasteiger partial charge in [-0.15, -0.1) is 0 Å². The van der Waals surface area contributed by atoms with Crippen molar-refractivity contribution in [1.29, 1.82) is 0 Å². The summed E-state index contributed by atoms with van der Waals surface area (Å²) in [4.78, 5) is 0. The molecule has 0 bridgehead atoms. The van der Waals surface area contributed by atoms with E-state index in [0.717, 1.165) is 0 Å². The van der Waals surface area contributed by atoms with Gasteiger partial charge in [-0.3, -0.25) is 0 Å². The number of rotatable bonds is 0. The Morgan fingerprint density at radius 2 is 0.667 bits per heavy atom. The summed E-state index contributed by atoms with van der Waals surface area (Å²) < 4.78 is 0. The van der Waals surface area contributed by atoms with Gasteiger partial charge in [0.25, 0.3) is 0 Å². The predicted octanol–water partition coefficient (Wildman–Crippen LogP) is 2.23. The van der Waals surface area contributed by atoms with E-state index < -0.39 is 0 Å². The zero-order valence-corrected chi connectivity index (χ0v) is 6.62. The summed E-state index contributed by atoms with van der Waals surface area (Å²) in [5.74, 6) is 11.4. The molecule has 0 heteroatoms. The van der Waals surface area contributed by atoms with Gasteiger partial charge in [0, 0.05) is 0 Å². The molecule has 0 radical (unpaired) electrons. The summed E-state index contributed by atoms with van der Waals surface area (Å²) in [5.41, 5.74) is 0. The lowest BCUT2D eigenvalue weighted by molar-refractivity contribution is 1.93. The molecule has 0 aromatic rings. The quantitative estimate of drug-likeness (QED) is 0.467. The molecule has 0 fully saturated rings. The third-order valence-electron chi connectivity index (χ3n) is 1.11. The van der Waals surface area contributed by atoms with Crippen molar-refractivity contribution >= 4 is 0 Å². The minimum atomic E-state index is 1.79. The summed E-state index contributed by atoms with van der Waals surface area (Å²) in [6, 6.07) is 0. The van der Waals surface area contributed by atoms with E-state index in [0.29, 0.717) is 0 Å². The predicted molar refractivity (Wildman–Crippen MR) is 52.1 cm³/mol. The smallest absolute Gasteiger partial charge is 0.0115 e. The molecule has 0 nitrogen and oxygen atoms in total. The lowest BCUT2D eigenvalue weighted by Gasteiger charge is -1.71. The Morgan fingerprint density at radius 1 is 0.417 bits per heavy atom. The van der Waals surface area contributed by atoms with E-state index in [2.05, 4.69) is 23.7 Å². The summed E-state index contributed by atoms with van der Waals surface area (Å²) in [7, 11) is 0. The maximum absolute atomic E-state index is 2.85. The van der Waals surface area contributed by atoms with E-state index in [9.17, 15) is 0 Å². The number of allylic oxidation sites excluding steroid dienone is 8. The maximum atomic E-state index is 2.85. The van der Waals surface area contributed by atoms with E-state index in [4.69, 9.17) is 0 Å². The Labute approximate surface area is 73.0 Å². The fourth-order valence-corrected chi connectivity index (χ4v) is 0.607. The van der Waals surface area contributed by atoms with Crippen molar-refractivity contribution in [1.82, 2.24) is 0 Å². The van der Waals surface area contributed by atoms with E-state index in [1.807, 2.05) is 24.3 Å². The first-order valence-electron chi connectivity index (χ1n) is 3.65. The molecule has 0 amide bonds. The molecule has 1 aliphatic rings. The van der Waals surface area contributed by atoms with Crippen molar-refractivity contribution in [3.05, 3.63) is 48.6 Å². The van der Waals surface area contributed by atoms with Crippen LogP contribution in [0.4, 0.5) is 0 Å². The summed E-state index contributed by atoms with van der Waals surface area (Å²) in [6.45, 7) is 0. The van der Waals surface area contributed by atoms with Crippen molar-refractivity contribution in [2.45, 2.75) is 0 Å².